The molecule has 29 heavy (non-hydrogen) atoms. The van der Waals surface area contributed by atoms with Gasteiger partial charge in [-0.15, -0.1) is 24.8 Å². The number of benzene rings is 1. The summed E-state index contributed by atoms with van der Waals surface area (Å²) in [7, 11) is 0. The zero-order valence-electron chi connectivity index (χ0n) is 17.1. The Kier molecular flexibility index (Phi) is 10.8. The summed E-state index contributed by atoms with van der Waals surface area (Å²) in [5.74, 6) is -0.595. The van der Waals surface area contributed by atoms with E-state index in [0.29, 0.717) is 16.8 Å². The van der Waals surface area contributed by atoms with Crippen LogP contribution < -0.4 is 11.1 Å². The minimum Gasteiger partial charge on any atom is -0.391 e. The van der Waals surface area contributed by atoms with Gasteiger partial charge < -0.3 is 16.2 Å². The highest BCUT2D eigenvalue weighted by molar-refractivity contribution is 5.95. The van der Waals surface area contributed by atoms with Crippen molar-refractivity contribution < 1.29 is 14.3 Å². The van der Waals surface area contributed by atoms with Crippen LogP contribution in [0.15, 0.2) is 36.5 Å². The first-order valence-corrected chi connectivity index (χ1v) is 9.02. The summed E-state index contributed by atoms with van der Waals surface area (Å²) in [4.78, 5) is 16.7. The van der Waals surface area contributed by atoms with Crippen LogP contribution in [0.3, 0.4) is 0 Å². The van der Waals surface area contributed by atoms with E-state index in [2.05, 4.69) is 10.3 Å². The summed E-state index contributed by atoms with van der Waals surface area (Å²) >= 11 is 0. The first-order valence-electron chi connectivity index (χ1n) is 9.02. The van der Waals surface area contributed by atoms with Gasteiger partial charge in [0.2, 0.25) is 0 Å². The molecule has 4 N–H and O–H groups in total. The number of hydrogen-bond donors (Lipinski definition) is 3. The van der Waals surface area contributed by atoms with Gasteiger partial charge in [0, 0.05) is 24.2 Å². The first kappa shape index (κ1) is 27.3. The Bertz CT molecular complexity index is 813. The van der Waals surface area contributed by atoms with E-state index < -0.39 is 12.1 Å². The van der Waals surface area contributed by atoms with Crippen molar-refractivity contribution in [1.29, 1.82) is 0 Å². The second-order valence-corrected chi connectivity index (χ2v) is 7.94. The number of aliphatic hydroxyl groups excluding tert-OH is 1. The van der Waals surface area contributed by atoms with Crippen molar-refractivity contribution >= 4 is 30.7 Å². The standard InChI is InChI=1S/C21H28FN3O2.2ClH/c1-13-7-8-16(22)14(10-13)11-17(23)19(26)12-18-15(6-5-9-24-18)20(27)25-21(2,3)4;;/h5-10,17,19,26H,11-12,23H2,1-4H3,(H,25,27);2*1H. The molecule has 2 aromatic rings. The topological polar surface area (TPSA) is 88.2 Å². The Morgan fingerprint density at radius 1 is 1.24 bits per heavy atom. The molecule has 162 valence electrons. The SMILES string of the molecule is Cc1ccc(F)c(CC(N)C(O)Cc2ncccc2C(=O)NC(C)(C)C)c1.Cl.Cl. The highest BCUT2D eigenvalue weighted by Crippen LogP contribution is 2.16. The summed E-state index contributed by atoms with van der Waals surface area (Å²) in [6.07, 6.45) is 0.927. The lowest BCUT2D eigenvalue weighted by atomic mass is 9.96. The van der Waals surface area contributed by atoms with E-state index >= 15 is 0 Å². The number of aliphatic hydroxyl groups is 1. The number of nitrogens with zero attached hydrogens (tertiary/aromatic N) is 1. The molecule has 2 rings (SSSR count). The number of nitrogens with two attached hydrogens (primary N) is 1. The van der Waals surface area contributed by atoms with Gasteiger partial charge in [0.05, 0.1) is 17.4 Å². The molecule has 0 bridgehead atoms. The van der Waals surface area contributed by atoms with Crippen LogP contribution in [0.25, 0.3) is 0 Å². The molecule has 0 aliphatic rings. The van der Waals surface area contributed by atoms with Crippen LogP contribution in [0.1, 0.15) is 48.0 Å². The first-order chi connectivity index (χ1) is 12.6. The fourth-order valence-corrected chi connectivity index (χ4v) is 2.81. The second-order valence-electron chi connectivity index (χ2n) is 7.94. The lowest BCUT2D eigenvalue weighted by Gasteiger charge is -2.23. The lowest BCUT2D eigenvalue weighted by Crippen LogP contribution is -2.42. The molecule has 0 aliphatic heterocycles. The number of carbonyl (C=O) groups excluding carboxylic acids is 1. The molecule has 8 heteroatoms. The molecule has 0 aliphatic carbocycles. The van der Waals surface area contributed by atoms with Gasteiger partial charge >= 0.3 is 0 Å². The third-order valence-electron chi connectivity index (χ3n) is 4.18. The Morgan fingerprint density at radius 2 is 1.90 bits per heavy atom. The number of aromatic nitrogens is 1. The van der Waals surface area contributed by atoms with Crippen LogP contribution in [0.5, 0.6) is 0 Å². The molecular formula is C21H30Cl2FN3O2. The molecule has 5 nitrogen and oxygen atoms in total. The van der Waals surface area contributed by atoms with Gasteiger partial charge in [0.1, 0.15) is 5.82 Å². The van der Waals surface area contributed by atoms with Crippen molar-refractivity contribution in [3.8, 4) is 0 Å². The minimum atomic E-state index is -0.957. The number of hydrogen-bond acceptors (Lipinski definition) is 4. The van der Waals surface area contributed by atoms with Crippen LogP contribution in [-0.4, -0.2) is 33.7 Å². The van der Waals surface area contributed by atoms with E-state index in [4.69, 9.17) is 5.73 Å². The maximum Gasteiger partial charge on any atom is 0.253 e. The normalized spacial score (nSPS) is 12.9. The molecule has 2 unspecified atom stereocenters. The maximum absolute atomic E-state index is 13.9. The van der Waals surface area contributed by atoms with Crippen molar-refractivity contribution in [2.24, 2.45) is 5.73 Å². The smallest absolute Gasteiger partial charge is 0.253 e. The fourth-order valence-electron chi connectivity index (χ4n) is 2.81. The summed E-state index contributed by atoms with van der Waals surface area (Å²) in [6, 6.07) is 7.48. The molecule has 1 amide bonds. The number of halogens is 3. The maximum atomic E-state index is 13.9. The summed E-state index contributed by atoms with van der Waals surface area (Å²) in [6.45, 7) is 7.55. The van der Waals surface area contributed by atoms with E-state index in [1.807, 2.05) is 27.7 Å². The molecular weight excluding hydrogens is 416 g/mol. The molecule has 1 aromatic heterocycles. The van der Waals surface area contributed by atoms with E-state index in [1.165, 1.54) is 6.07 Å². The Hall–Kier alpha value is -1.73. The quantitative estimate of drug-likeness (QED) is 0.635. The molecule has 0 spiro atoms. The third-order valence-corrected chi connectivity index (χ3v) is 4.18. The van der Waals surface area contributed by atoms with Crippen molar-refractivity contribution in [3.05, 3.63) is 64.7 Å². The Morgan fingerprint density at radius 3 is 2.52 bits per heavy atom. The number of nitrogens with one attached hydrogen (secondary N) is 1. The molecule has 1 heterocycles. The van der Waals surface area contributed by atoms with Crippen LogP contribution in [0.4, 0.5) is 4.39 Å². The zero-order valence-corrected chi connectivity index (χ0v) is 18.7. The average molecular weight is 446 g/mol. The van der Waals surface area contributed by atoms with E-state index in [1.54, 1.807) is 30.5 Å². The highest BCUT2D eigenvalue weighted by atomic mass is 35.5. The number of amides is 1. The molecule has 0 radical (unpaired) electrons. The number of aryl methyl sites for hydroxylation is 1. The van der Waals surface area contributed by atoms with Gasteiger partial charge in [-0.2, -0.15) is 0 Å². The molecule has 1 aromatic carbocycles. The predicted octanol–water partition coefficient (Wildman–Crippen LogP) is 3.37. The number of carbonyl (C=O) groups is 1. The van der Waals surface area contributed by atoms with Crippen LogP contribution >= 0.6 is 24.8 Å². The largest absolute Gasteiger partial charge is 0.391 e. The monoisotopic (exact) mass is 445 g/mol. The van der Waals surface area contributed by atoms with Crippen molar-refractivity contribution in [2.75, 3.05) is 0 Å². The number of pyridine rings is 1. The van der Waals surface area contributed by atoms with E-state index in [0.717, 1.165) is 5.56 Å². The Labute approximate surface area is 184 Å². The van der Waals surface area contributed by atoms with E-state index in [9.17, 15) is 14.3 Å². The highest BCUT2D eigenvalue weighted by Gasteiger charge is 2.23. The van der Waals surface area contributed by atoms with Crippen LogP contribution in [-0.2, 0) is 12.8 Å². The predicted molar refractivity (Wildman–Crippen MR) is 118 cm³/mol. The Balaban J connectivity index is 0.00000392. The molecule has 0 saturated heterocycles. The van der Waals surface area contributed by atoms with Gasteiger partial charge in [-0.05, 0) is 57.9 Å². The van der Waals surface area contributed by atoms with Crippen LogP contribution in [0, 0.1) is 12.7 Å². The zero-order chi connectivity index (χ0) is 20.2. The molecule has 0 fully saturated rings. The van der Waals surface area contributed by atoms with Crippen LogP contribution in [0.2, 0.25) is 0 Å². The van der Waals surface area contributed by atoms with Gasteiger partial charge in [-0.1, -0.05) is 17.7 Å². The molecule has 0 saturated carbocycles. The average Bonchev–Trinajstić information content (AvgIpc) is 2.57. The van der Waals surface area contributed by atoms with Crippen molar-refractivity contribution in [3.63, 3.8) is 0 Å². The third kappa shape index (κ3) is 8.26. The minimum absolute atomic E-state index is 0. The number of rotatable bonds is 6. The summed E-state index contributed by atoms with van der Waals surface area (Å²) in [5.41, 5.74) is 7.98. The molecule has 2 atom stereocenters. The lowest BCUT2D eigenvalue weighted by molar-refractivity contribution is 0.0916. The van der Waals surface area contributed by atoms with Gasteiger partial charge in [-0.3, -0.25) is 9.78 Å². The van der Waals surface area contributed by atoms with Crippen molar-refractivity contribution in [1.82, 2.24) is 10.3 Å². The van der Waals surface area contributed by atoms with Gasteiger partial charge in [0.15, 0.2) is 0 Å². The summed E-state index contributed by atoms with van der Waals surface area (Å²) < 4.78 is 13.9. The second kappa shape index (κ2) is 11.5. The van der Waals surface area contributed by atoms with Gasteiger partial charge in [0.25, 0.3) is 5.91 Å². The van der Waals surface area contributed by atoms with Gasteiger partial charge in [-0.25, -0.2) is 4.39 Å². The summed E-state index contributed by atoms with van der Waals surface area (Å²) in [5, 5.41) is 13.4. The van der Waals surface area contributed by atoms with Crippen molar-refractivity contribution in [2.45, 2.75) is 58.2 Å². The fraction of sp³-hybridized carbons (Fsp3) is 0.429. The van der Waals surface area contributed by atoms with E-state index in [-0.39, 0.29) is 54.9 Å².